The molecule has 37 heavy (non-hydrogen) atoms. The van der Waals surface area contributed by atoms with Gasteiger partial charge in [-0.05, 0) is 47.5 Å². The van der Waals surface area contributed by atoms with Gasteiger partial charge < -0.3 is 9.15 Å². The number of rotatable bonds is 6. The number of hydrogen-bond acceptors (Lipinski definition) is 7. The molecule has 1 aliphatic heterocycles. The summed E-state index contributed by atoms with van der Waals surface area (Å²) >= 11 is 4.95. The van der Waals surface area contributed by atoms with Crippen LogP contribution in [-0.4, -0.2) is 55.2 Å². The monoisotopic (exact) mass is 577 g/mol. The predicted molar refractivity (Wildman–Crippen MR) is 151 cm³/mol. The second kappa shape index (κ2) is 10.3. The summed E-state index contributed by atoms with van der Waals surface area (Å²) in [6.45, 7) is 4.47. The van der Waals surface area contributed by atoms with E-state index < -0.39 is 11.5 Å². The maximum atomic E-state index is 14.0. The highest BCUT2D eigenvalue weighted by Crippen LogP contribution is 2.32. The molecule has 0 spiro atoms. The minimum Gasteiger partial charge on any atom is -0.422 e. The van der Waals surface area contributed by atoms with Crippen LogP contribution in [0.3, 0.4) is 0 Å². The summed E-state index contributed by atoms with van der Waals surface area (Å²) in [7, 11) is 0. The summed E-state index contributed by atoms with van der Waals surface area (Å²) < 4.78 is 13.0. The molecule has 1 fully saturated rings. The van der Waals surface area contributed by atoms with Gasteiger partial charge in [-0.1, -0.05) is 57.6 Å². The number of nitrogens with zero attached hydrogens (tertiary/aromatic N) is 3. The second-order valence-corrected chi connectivity index (χ2v) is 10.9. The lowest BCUT2D eigenvalue weighted by Crippen LogP contribution is -2.40. The second-order valence-electron chi connectivity index (χ2n) is 9.02. The van der Waals surface area contributed by atoms with Gasteiger partial charge in [-0.15, -0.1) is 0 Å². The minimum absolute atomic E-state index is 0.00987. The van der Waals surface area contributed by atoms with Gasteiger partial charge in [0.25, 0.3) is 5.91 Å². The van der Waals surface area contributed by atoms with Crippen LogP contribution in [0.1, 0.15) is 16.8 Å². The highest BCUT2D eigenvalue weighted by atomic mass is 79.9. The zero-order valence-corrected chi connectivity index (χ0v) is 22.4. The highest BCUT2D eigenvalue weighted by molar-refractivity contribution is 9.10. The lowest BCUT2D eigenvalue weighted by Gasteiger charge is -2.27. The topological polar surface area (TPSA) is 75.9 Å². The normalized spacial score (nSPS) is 14.5. The van der Waals surface area contributed by atoms with Crippen LogP contribution >= 0.6 is 27.3 Å². The molecule has 0 N–H and O–H groups in total. The van der Waals surface area contributed by atoms with Gasteiger partial charge in [-0.25, -0.2) is 9.78 Å². The fourth-order valence-corrected chi connectivity index (χ4v) is 6.27. The summed E-state index contributed by atoms with van der Waals surface area (Å²) in [4.78, 5) is 35.7. The Morgan fingerprint density at radius 2 is 1.89 bits per heavy atom. The molecule has 3 aromatic carbocycles. The van der Waals surface area contributed by atoms with Crippen molar-refractivity contribution in [3.8, 4) is 0 Å². The van der Waals surface area contributed by atoms with Crippen molar-refractivity contribution in [3.63, 3.8) is 0 Å². The first-order valence-electron chi connectivity index (χ1n) is 12.2. The third kappa shape index (κ3) is 4.92. The number of ether oxygens (including phenoxy) is 1. The number of amides is 1. The Morgan fingerprint density at radius 3 is 2.76 bits per heavy atom. The Balaban J connectivity index is 1.39. The van der Waals surface area contributed by atoms with E-state index in [1.54, 1.807) is 17.0 Å². The van der Waals surface area contributed by atoms with Crippen LogP contribution in [0.4, 0.5) is 5.13 Å². The average molecular weight is 578 g/mol. The van der Waals surface area contributed by atoms with E-state index in [9.17, 15) is 9.59 Å². The first-order valence-corrected chi connectivity index (χ1v) is 13.8. The van der Waals surface area contributed by atoms with Crippen LogP contribution < -0.4 is 10.5 Å². The standard InChI is InChI=1S/C28H24BrN3O4S/c29-19-7-8-23-25(16-19)37-28(30-23)32(11-3-10-31-12-14-35-15-13-31)26(33)22-17-21-20-5-2-1-4-18(20)6-9-24(21)36-27(22)34/h1-2,4-9,16-17H,3,10-15H2. The third-order valence-corrected chi connectivity index (χ3v) is 8.18. The number of morpholine rings is 1. The van der Waals surface area contributed by atoms with Crippen LogP contribution in [0.15, 0.2) is 74.3 Å². The molecular formula is C28H24BrN3O4S. The van der Waals surface area contributed by atoms with Gasteiger partial charge in [-0.2, -0.15) is 0 Å². The van der Waals surface area contributed by atoms with Crippen molar-refractivity contribution in [2.75, 3.05) is 44.3 Å². The van der Waals surface area contributed by atoms with Crippen molar-refractivity contribution in [3.05, 3.63) is 81.1 Å². The number of anilines is 1. The van der Waals surface area contributed by atoms with Crippen molar-refractivity contribution in [2.45, 2.75) is 6.42 Å². The van der Waals surface area contributed by atoms with E-state index in [2.05, 4.69) is 20.8 Å². The van der Waals surface area contributed by atoms with E-state index >= 15 is 0 Å². The molecule has 6 rings (SSSR count). The van der Waals surface area contributed by atoms with Crippen molar-refractivity contribution < 1.29 is 13.9 Å². The zero-order chi connectivity index (χ0) is 25.4. The molecule has 2 aromatic heterocycles. The number of halogens is 1. The van der Waals surface area contributed by atoms with Crippen LogP contribution in [0.2, 0.25) is 0 Å². The predicted octanol–water partition coefficient (Wildman–Crippen LogP) is 5.69. The molecule has 9 heteroatoms. The Morgan fingerprint density at radius 1 is 1.05 bits per heavy atom. The van der Waals surface area contributed by atoms with Crippen molar-refractivity contribution in [2.24, 2.45) is 0 Å². The number of fused-ring (bicyclic) bond motifs is 4. The summed E-state index contributed by atoms with van der Waals surface area (Å²) in [5.74, 6) is -0.399. The molecule has 0 bridgehead atoms. The zero-order valence-electron chi connectivity index (χ0n) is 20.0. The minimum atomic E-state index is -0.644. The largest absolute Gasteiger partial charge is 0.422 e. The SMILES string of the molecule is O=C(c1cc2c(ccc3ccccc32)oc1=O)N(CCCN1CCOCC1)c1nc2ccc(Br)cc2s1. The number of carbonyl (C=O) groups is 1. The number of hydrogen-bond donors (Lipinski definition) is 0. The van der Waals surface area contributed by atoms with Crippen molar-refractivity contribution in [1.29, 1.82) is 0 Å². The Bertz CT molecular complexity index is 1680. The fourth-order valence-electron chi connectivity index (χ4n) is 4.73. The lowest BCUT2D eigenvalue weighted by molar-refractivity contribution is 0.0376. The van der Waals surface area contributed by atoms with E-state index in [0.29, 0.717) is 17.3 Å². The number of thiazole rings is 1. The number of benzene rings is 3. The summed E-state index contributed by atoms with van der Waals surface area (Å²) in [6, 6.07) is 19.1. The first kappa shape index (κ1) is 24.2. The van der Waals surface area contributed by atoms with Crippen LogP contribution in [0.5, 0.6) is 0 Å². The van der Waals surface area contributed by atoms with Gasteiger partial charge in [0.15, 0.2) is 5.13 Å². The number of aromatic nitrogens is 1. The van der Waals surface area contributed by atoms with Crippen molar-refractivity contribution >= 4 is 70.3 Å². The molecule has 3 heterocycles. The van der Waals surface area contributed by atoms with E-state index in [4.69, 9.17) is 14.1 Å². The fraction of sp³-hybridized carbons (Fsp3) is 0.250. The molecule has 0 aliphatic carbocycles. The Kier molecular flexibility index (Phi) is 6.77. The van der Waals surface area contributed by atoms with Gasteiger partial charge in [0.05, 0.1) is 23.4 Å². The maximum absolute atomic E-state index is 14.0. The molecule has 0 unspecified atom stereocenters. The van der Waals surface area contributed by atoms with Gasteiger partial charge in [0, 0.05) is 36.0 Å². The first-order chi connectivity index (χ1) is 18.1. The smallest absolute Gasteiger partial charge is 0.349 e. The Hall–Kier alpha value is -3.11. The summed E-state index contributed by atoms with van der Waals surface area (Å²) in [5, 5.41) is 3.25. The van der Waals surface area contributed by atoms with E-state index in [1.165, 1.54) is 11.3 Å². The molecular weight excluding hydrogens is 554 g/mol. The molecule has 7 nitrogen and oxygen atoms in total. The van der Waals surface area contributed by atoms with Crippen LogP contribution in [-0.2, 0) is 4.74 Å². The van der Waals surface area contributed by atoms with Gasteiger partial charge in [0.2, 0.25) is 0 Å². The Labute approximate surface area is 225 Å². The highest BCUT2D eigenvalue weighted by Gasteiger charge is 2.25. The van der Waals surface area contributed by atoms with Crippen LogP contribution in [0, 0.1) is 0 Å². The van der Waals surface area contributed by atoms with E-state index in [0.717, 1.165) is 70.1 Å². The van der Waals surface area contributed by atoms with Gasteiger partial charge >= 0.3 is 5.63 Å². The van der Waals surface area contributed by atoms with E-state index in [-0.39, 0.29) is 5.56 Å². The molecule has 0 atom stereocenters. The molecule has 188 valence electrons. The van der Waals surface area contributed by atoms with Gasteiger partial charge in [0.1, 0.15) is 11.1 Å². The lowest BCUT2D eigenvalue weighted by atomic mass is 10.0. The maximum Gasteiger partial charge on any atom is 0.349 e. The third-order valence-electron chi connectivity index (χ3n) is 6.65. The van der Waals surface area contributed by atoms with Crippen molar-refractivity contribution in [1.82, 2.24) is 9.88 Å². The quantitative estimate of drug-likeness (QED) is 0.191. The molecule has 0 radical (unpaired) electrons. The molecule has 1 aliphatic rings. The number of carbonyl (C=O) groups excluding carboxylic acids is 1. The average Bonchev–Trinajstić information content (AvgIpc) is 3.33. The van der Waals surface area contributed by atoms with Gasteiger partial charge in [-0.3, -0.25) is 14.6 Å². The summed E-state index contributed by atoms with van der Waals surface area (Å²) in [5.41, 5.74) is 0.639. The molecule has 1 saturated heterocycles. The van der Waals surface area contributed by atoms with Crippen LogP contribution in [0.25, 0.3) is 32.0 Å². The molecule has 5 aromatic rings. The van der Waals surface area contributed by atoms with E-state index in [1.807, 2.05) is 48.5 Å². The molecule has 0 saturated carbocycles. The molecule has 1 amide bonds. The summed E-state index contributed by atoms with van der Waals surface area (Å²) in [6.07, 6.45) is 0.743.